The predicted octanol–water partition coefficient (Wildman–Crippen LogP) is 4.71. The first-order valence-corrected chi connectivity index (χ1v) is 6.77. The van der Waals surface area contributed by atoms with Crippen molar-refractivity contribution in [3.05, 3.63) is 28.2 Å². The molecule has 0 saturated heterocycles. The Balaban J connectivity index is 2.59. The first-order chi connectivity index (χ1) is 8.83. The first-order valence-electron chi connectivity index (χ1n) is 5.54. The maximum absolute atomic E-state index is 11.9. The topological polar surface area (TPSA) is 18.5 Å². The second kappa shape index (κ2) is 7.36. The van der Waals surface area contributed by atoms with Gasteiger partial charge in [0.1, 0.15) is 12.4 Å². The molecule has 108 valence electrons. The number of ether oxygens (including phenoxy) is 2. The molecule has 0 aliphatic carbocycles. The quantitative estimate of drug-likeness (QED) is 0.683. The minimum atomic E-state index is -4.34. The Morgan fingerprint density at radius 1 is 1.37 bits per heavy atom. The Morgan fingerprint density at radius 2 is 2.05 bits per heavy atom. The summed E-state index contributed by atoms with van der Waals surface area (Å²) in [6.07, 6.45) is -4.34. The average molecular weight is 362 g/mol. The Morgan fingerprint density at radius 3 is 2.58 bits per heavy atom. The summed E-state index contributed by atoms with van der Waals surface area (Å²) in [5.74, 6) is 0.665. The van der Waals surface area contributed by atoms with E-state index in [4.69, 9.17) is 16.3 Å². The van der Waals surface area contributed by atoms with E-state index >= 15 is 0 Å². The normalized spacial score (nSPS) is 13.4. The number of hydrogen-bond acceptors (Lipinski definition) is 2. The summed E-state index contributed by atoms with van der Waals surface area (Å²) >= 11 is 9.31. The van der Waals surface area contributed by atoms with Gasteiger partial charge in [-0.15, -0.1) is 11.6 Å². The molecule has 1 unspecified atom stereocenters. The van der Waals surface area contributed by atoms with Crippen molar-refractivity contribution in [2.45, 2.75) is 18.5 Å². The molecular weight excluding hydrogens is 348 g/mol. The lowest BCUT2D eigenvalue weighted by atomic mass is 10.1. The van der Waals surface area contributed by atoms with Crippen LogP contribution in [-0.4, -0.2) is 26.0 Å². The minimum Gasteiger partial charge on any atom is -0.494 e. The van der Waals surface area contributed by atoms with Crippen molar-refractivity contribution in [2.75, 3.05) is 19.8 Å². The highest BCUT2D eigenvalue weighted by Crippen LogP contribution is 2.31. The summed E-state index contributed by atoms with van der Waals surface area (Å²) < 4.78 is 46.3. The van der Waals surface area contributed by atoms with Gasteiger partial charge in [0, 0.05) is 4.47 Å². The molecule has 1 rings (SSSR count). The molecule has 0 fully saturated rings. The van der Waals surface area contributed by atoms with Crippen LogP contribution in [-0.2, 0) is 4.74 Å². The highest BCUT2D eigenvalue weighted by atomic mass is 79.9. The van der Waals surface area contributed by atoms with Gasteiger partial charge in [-0.05, 0) is 24.6 Å². The van der Waals surface area contributed by atoms with E-state index in [-0.39, 0.29) is 6.61 Å². The summed E-state index contributed by atoms with van der Waals surface area (Å²) in [5.41, 5.74) is 0.660. The van der Waals surface area contributed by atoms with E-state index in [1.165, 1.54) is 0 Å². The Labute approximate surface area is 123 Å². The van der Waals surface area contributed by atoms with E-state index in [0.29, 0.717) is 22.4 Å². The highest BCUT2D eigenvalue weighted by molar-refractivity contribution is 9.10. The summed E-state index contributed by atoms with van der Waals surface area (Å²) in [7, 11) is 0. The molecule has 0 bridgehead atoms. The van der Waals surface area contributed by atoms with Crippen molar-refractivity contribution in [3.8, 4) is 5.75 Å². The van der Waals surface area contributed by atoms with Crippen LogP contribution in [0.5, 0.6) is 5.75 Å². The van der Waals surface area contributed by atoms with Gasteiger partial charge in [-0.1, -0.05) is 22.0 Å². The van der Waals surface area contributed by atoms with Crippen molar-refractivity contribution in [2.24, 2.45) is 0 Å². The standard InChI is InChI=1S/C12H13BrClF3O2/c1-2-19-8-3-4-9(10(13)5-8)11(14)6-18-7-12(15,16)17/h3-5,11H,2,6-7H2,1H3. The molecule has 0 radical (unpaired) electrons. The summed E-state index contributed by atoms with van der Waals surface area (Å²) in [6, 6.07) is 5.13. The fourth-order valence-electron chi connectivity index (χ4n) is 1.39. The van der Waals surface area contributed by atoms with Crippen molar-refractivity contribution >= 4 is 27.5 Å². The summed E-state index contributed by atoms with van der Waals surface area (Å²) in [6.45, 7) is 0.875. The molecule has 0 heterocycles. The van der Waals surface area contributed by atoms with E-state index < -0.39 is 18.2 Å². The zero-order valence-corrected chi connectivity index (χ0v) is 12.5. The Hall–Kier alpha value is -0.460. The van der Waals surface area contributed by atoms with Crippen LogP contribution in [0.3, 0.4) is 0 Å². The van der Waals surface area contributed by atoms with Gasteiger partial charge in [0.25, 0.3) is 0 Å². The van der Waals surface area contributed by atoms with Gasteiger partial charge in [0.2, 0.25) is 0 Å². The molecule has 0 aliphatic heterocycles. The molecule has 0 N–H and O–H groups in total. The third-order valence-corrected chi connectivity index (χ3v) is 3.20. The number of rotatable bonds is 6. The van der Waals surface area contributed by atoms with E-state index in [1.54, 1.807) is 18.2 Å². The lowest BCUT2D eigenvalue weighted by Gasteiger charge is -2.14. The molecule has 19 heavy (non-hydrogen) atoms. The van der Waals surface area contributed by atoms with Crippen LogP contribution >= 0.6 is 27.5 Å². The van der Waals surface area contributed by atoms with Crippen LogP contribution in [0, 0.1) is 0 Å². The fourth-order valence-corrected chi connectivity index (χ4v) is 2.43. The molecule has 7 heteroatoms. The highest BCUT2D eigenvalue weighted by Gasteiger charge is 2.28. The largest absolute Gasteiger partial charge is 0.494 e. The SMILES string of the molecule is CCOc1ccc(C(Cl)COCC(F)(F)F)c(Br)c1. The van der Waals surface area contributed by atoms with Crippen molar-refractivity contribution in [1.82, 2.24) is 0 Å². The molecule has 1 aromatic rings. The Bertz CT molecular complexity index is 412. The smallest absolute Gasteiger partial charge is 0.411 e. The molecule has 1 atom stereocenters. The third-order valence-electron chi connectivity index (χ3n) is 2.15. The van der Waals surface area contributed by atoms with Gasteiger partial charge in [0.15, 0.2) is 0 Å². The van der Waals surface area contributed by atoms with Crippen LogP contribution in [0.1, 0.15) is 17.9 Å². The molecule has 0 spiro atoms. The van der Waals surface area contributed by atoms with Gasteiger partial charge in [-0.2, -0.15) is 13.2 Å². The molecule has 1 aromatic carbocycles. The van der Waals surface area contributed by atoms with Gasteiger partial charge in [-0.25, -0.2) is 0 Å². The lowest BCUT2D eigenvalue weighted by Crippen LogP contribution is -2.18. The molecular formula is C12H13BrClF3O2. The van der Waals surface area contributed by atoms with E-state index in [0.717, 1.165) is 0 Å². The maximum atomic E-state index is 11.9. The Kier molecular flexibility index (Phi) is 6.42. The minimum absolute atomic E-state index is 0.215. The van der Waals surface area contributed by atoms with Crippen molar-refractivity contribution in [1.29, 1.82) is 0 Å². The molecule has 0 saturated carbocycles. The van der Waals surface area contributed by atoms with Gasteiger partial charge in [-0.3, -0.25) is 0 Å². The van der Waals surface area contributed by atoms with Crippen LogP contribution in [0.2, 0.25) is 0 Å². The van der Waals surface area contributed by atoms with Gasteiger partial charge < -0.3 is 9.47 Å². The molecule has 0 aliphatic rings. The van der Waals surface area contributed by atoms with Gasteiger partial charge in [0.05, 0.1) is 18.6 Å². The first kappa shape index (κ1) is 16.6. The number of halogens is 5. The van der Waals surface area contributed by atoms with E-state index in [2.05, 4.69) is 20.7 Å². The number of alkyl halides is 4. The van der Waals surface area contributed by atoms with E-state index in [1.807, 2.05) is 6.92 Å². The van der Waals surface area contributed by atoms with E-state index in [9.17, 15) is 13.2 Å². The van der Waals surface area contributed by atoms with Crippen LogP contribution < -0.4 is 4.74 Å². The summed E-state index contributed by atoms with van der Waals surface area (Å²) in [4.78, 5) is 0. The fraction of sp³-hybridized carbons (Fsp3) is 0.500. The van der Waals surface area contributed by atoms with Crippen LogP contribution in [0.15, 0.2) is 22.7 Å². The zero-order chi connectivity index (χ0) is 14.5. The van der Waals surface area contributed by atoms with Crippen LogP contribution in [0.4, 0.5) is 13.2 Å². The molecule has 0 aromatic heterocycles. The molecule has 0 amide bonds. The lowest BCUT2D eigenvalue weighted by molar-refractivity contribution is -0.173. The second-order valence-corrected chi connectivity index (χ2v) is 5.10. The average Bonchev–Trinajstić information content (AvgIpc) is 2.27. The number of hydrogen-bond donors (Lipinski definition) is 0. The zero-order valence-electron chi connectivity index (χ0n) is 10.1. The summed E-state index contributed by atoms with van der Waals surface area (Å²) in [5, 5.41) is -0.660. The number of benzene rings is 1. The maximum Gasteiger partial charge on any atom is 0.411 e. The predicted molar refractivity (Wildman–Crippen MR) is 70.8 cm³/mol. The molecule has 2 nitrogen and oxygen atoms in total. The van der Waals surface area contributed by atoms with Crippen LogP contribution in [0.25, 0.3) is 0 Å². The third kappa shape index (κ3) is 6.01. The second-order valence-electron chi connectivity index (χ2n) is 3.71. The monoisotopic (exact) mass is 360 g/mol. The van der Waals surface area contributed by atoms with Crippen molar-refractivity contribution in [3.63, 3.8) is 0 Å². The van der Waals surface area contributed by atoms with Crippen molar-refractivity contribution < 1.29 is 22.6 Å². The van der Waals surface area contributed by atoms with Gasteiger partial charge >= 0.3 is 6.18 Å².